The molecule has 11 heteroatoms. The number of amides is 1. The topological polar surface area (TPSA) is 110 Å². The smallest absolute Gasteiger partial charge is 0.373 e. The highest BCUT2D eigenvalue weighted by Gasteiger charge is 2.33. The van der Waals surface area contributed by atoms with Crippen LogP contribution in [0.15, 0.2) is 67.0 Å². The molecule has 1 fully saturated rings. The number of rotatable bonds is 6. The maximum absolute atomic E-state index is 12.7. The molecule has 0 radical (unpaired) electrons. The molecule has 8 nitrogen and oxygen atoms in total. The van der Waals surface area contributed by atoms with Crippen LogP contribution in [0.1, 0.15) is 34.6 Å². The van der Waals surface area contributed by atoms with Crippen molar-refractivity contribution in [1.29, 1.82) is 0 Å². The first-order valence-electron chi connectivity index (χ1n) is 12.1. The molecule has 0 atom stereocenters. The van der Waals surface area contributed by atoms with Gasteiger partial charge in [0.25, 0.3) is 5.91 Å². The first-order valence-corrected chi connectivity index (χ1v) is 12.1. The number of nitrogens with zero attached hydrogens (tertiary/aromatic N) is 4. The van der Waals surface area contributed by atoms with Crippen LogP contribution in [0.5, 0.6) is 0 Å². The maximum atomic E-state index is 12.7. The van der Waals surface area contributed by atoms with E-state index < -0.39 is 17.8 Å². The van der Waals surface area contributed by atoms with E-state index in [1.165, 1.54) is 0 Å². The van der Waals surface area contributed by atoms with Gasteiger partial charge in [-0.2, -0.15) is 13.2 Å². The Kier molecular flexibility index (Phi) is 8.28. The number of hydrogen-bond acceptors (Lipinski definition) is 7. The van der Waals surface area contributed by atoms with Gasteiger partial charge in [-0.05, 0) is 85.0 Å². The second-order valence-electron chi connectivity index (χ2n) is 8.87. The molecule has 1 saturated carbocycles. The van der Waals surface area contributed by atoms with Crippen molar-refractivity contribution in [2.24, 2.45) is 5.92 Å². The van der Waals surface area contributed by atoms with Crippen molar-refractivity contribution in [2.75, 3.05) is 17.7 Å². The monoisotopic (exact) mass is 534 g/mol. The molecule has 200 valence electrons. The fourth-order valence-electron chi connectivity index (χ4n) is 3.53. The van der Waals surface area contributed by atoms with Gasteiger partial charge in [-0.3, -0.25) is 9.78 Å². The molecule has 0 saturated heterocycles. The molecule has 1 aromatic carbocycles. The Morgan fingerprint density at radius 1 is 0.949 bits per heavy atom. The largest absolute Gasteiger partial charge is 0.435 e. The molecule has 4 aromatic rings. The Labute approximate surface area is 222 Å². The first-order chi connectivity index (χ1) is 18.7. The molecule has 3 aromatic heterocycles. The van der Waals surface area contributed by atoms with Gasteiger partial charge in [-0.25, -0.2) is 4.98 Å². The Morgan fingerprint density at radius 3 is 2.31 bits per heavy atom. The molecule has 2 N–H and O–H groups in total. The van der Waals surface area contributed by atoms with Crippen LogP contribution in [0.4, 0.5) is 24.7 Å². The number of halogens is 3. The summed E-state index contributed by atoms with van der Waals surface area (Å²) in [5, 5.41) is 12.1. The average Bonchev–Trinajstić information content (AvgIpc) is 3.79. The van der Waals surface area contributed by atoms with Crippen LogP contribution in [0, 0.1) is 12.8 Å². The Bertz CT molecular complexity index is 1470. The highest BCUT2D eigenvalue weighted by atomic mass is 19.4. The number of anilines is 2. The van der Waals surface area contributed by atoms with E-state index in [1.807, 2.05) is 37.3 Å². The third kappa shape index (κ3) is 7.22. The van der Waals surface area contributed by atoms with Crippen LogP contribution >= 0.6 is 0 Å². The quantitative estimate of drug-likeness (QED) is 0.300. The third-order valence-corrected chi connectivity index (χ3v) is 5.88. The Morgan fingerprint density at radius 2 is 1.69 bits per heavy atom. The number of carbonyl (C=O) groups is 2. The summed E-state index contributed by atoms with van der Waals surface area (Å²) in [5.41, 5.74) is 3.45. The number of nitrogens with one attached hydrogen (secondary N) is 2. The Balaban J connectivity index is 0.000000634. The first kappa shape index (κ1) is 27.4. The summed E-state index contributed by atoms with van der Waals surface area (Å²) in [6.45, 7) is 1.94. The van der Waals surface area contributed by atoms with Crippen molar-refractivity contribution in [3.05, 3.63) is 83.9 Å². The zero-order chi connectivity index (χ0) is 28.0. The molecule has 3 heterocycles. The van der Waals surface area contributed by atoms with E-state index in [9.17, 15) is 22.8 Å². The van der Waals surface area contributed by atoms with Crippen LogP contribution in [0.2, 0.25) is 0 Å². The lowest BCUT2D eigenvalue weighted by atomic mass is 9.99. The minimum absolute atomic E-state index is 0.223. The lowest BCUT2D eigenvalue weighted by molar-refractivity contribution is -0.141. The van der Waals surface area contributed by atoms with Gasteiger partial charge in [0.1, 0.15) is 12.1 Å². The summed E-state index contributed by atoms with van der Waals surface area (Å²) < 4.78 is 38.0. The van der Waals surface area contributed by atoms with Crippen molar-refractivity contribution in [2.45, 2.75) is 25.9 Å². The predicted molar refractivity (Wildman–Crippen MR) is 141 cm³/mol. The van der Waals surface area contributed by atoms with Crippen molar-refractivity contribution in [3.8, 4) is 22.4 Å². The van der Waals surface area contributed by atoms with Crippen molar-refractivity contribution >= 4 is 23.7 Å². The number of aromatic nitrogens is 4. The summed E-state index contributed by atoms with van der Waals surface area (Å²) in [4.78, 5) is 30.7. The van der Waals surface area contributed by atoms with E-state index in [4.69, 9.17) is 0 Å². The fraction of sp³-hybridized carbons (Fsp3) is 0.214. The number of benzene rings is 1. The van der Waals surface area contributed by atoms with Gasteiger partial charge in [-0.15, -0.1) is 10.2 Å². The molecule has 5 rings (SSSR count). The number of carbonyl (C=O) groups excluding carboxylic acids is 2. The average molecular weight is 535 g/mol. The van der Waals surface area contributed by atoms with Crippen molar-refractivity contribution in [1.82, 2.24) is 20.2 Å². The van der Waals surface area contributed by atoms with E-state index in [0.29, 0.717) is 11.6 Å². The van der Waals surface area contributed by atoms with Crippen LogP contribution in [0.3, 0.4) is 0 Å². The summed E-state index contributed by atoms with van der Waals surface area (Å²) in [6.07, 6.45) is 2.09. The van der Waals surface area contributed by atoms with Gasteiger partial charge < -0.3 is 15.4 Å². The maximum Gasteiger partial charge on any atom is 0.435 e. The summed E-state index contributed by atoms with van der Waals surface area (Å²) in [5.74, 6) is 0.509. The van der Waals surface area contributed by atoms with Crippen LogP contribution in [0.25, 0.3) is 22.4 Å². The van der Waals surface area contributed by atoms with E-state index in [2.05, 4.69) is 30.8 Å². The minimum atomic E-state index is -4.62. The second-order valence-corrected chi connectivity index (χ2v) is 8.87. The molecular formula is C28H25F3N6O2. The number of aldehydes is 1. The van der Waals surface area contributed by atoms with E-state index >= 15 is 0 Å². The van der Waals surface area contributed by atoms with Crippen LogP contribution in [-0.4, -0.2) is 39.4 Å². The van der Waals surface area contributed by atoms with E-state index in [1.54, 1.807) is 31.6 Å². The number of alkyl halides is 3. The summed E-state index contributed by atoms with van der Waals surface area (Å²) in [6, 6.07) is 14.6. The normalized spacial score (nSPS) is 12.6. The zero-order valence-corrected chi connectivity index (χ0v) is 21.2. The van der Waals surface area contributed by atoms with Crippen molar-refractivity contribution in [3.63, 3.8) is 0 Å². The number of hydrogen-bond donors (Lipinski definition) is 2. The van der Waals surface area contributed by atoms with Crippen LogP contribution in [-0.2, 0) is 11.0 Å². The molecule has 0 spiro atoms. The lowest BCUT2D eigenvalue weighted by Gasteiger charge is -2.12. The summed E-state index contributed by atoms with van der Waals surface area (Å²) >= 11 is 0. The van der Waals surface area contributed by atoms with Crippen molar-refractivity contribution < 1.29 is 22.8 Å². The lowest BCUT2D eigenvalue weighted by Crippen LogP contribution is -2.16. The van der Waals surface area contributed by atoms with E-state index in [-0.39, 0.29) is 5.69 Å². The van der Waals surface area contributed by atoms with Gasteiger partial charge in [0.05, 0.1) is 5.69 Å². The second kappa shape index (κ2) is 11.8. The fourth-order valence-corrected chi connectivity index (χ4v) is 3.53. The molecule has 39 heavy (non-hydrogen) atoms. The molecule has 0 aliphatic heterocycles. The Hall–Kier alpha value is -4.67. The third-order valence-electron chi connectivity index (χ3n) is 5.88. The van der Waals surface area contributed by atoms with Gasteiger partial charge in [0.2, 0.25) is 0 Å². The van der Waals surface area contributed by atoms with E-state index in [0.717, 1.165) is 65.0 Å². The van der Waals surface area contributed by atoms with Gasteiger partial charge in [-0.1, -0.05) is 6.07 Å². The van der Waals surface area contributed by atoms with Crippen LogP contribution < -0.4 is 10.6 Å². The SMILES string of the molecule is CNc1cc(-c2cc(-c3cc(NC(=O)c4ccc(C(F)(F)F)nn4)ccc3C)ccn2)ccn1.O=CC1CC1. The summed E-state index contributed by atoms with van der Waals surface area (Å²) in [7, 11) is 1.79. The molecule has 1 amide bonds. The minimum Gasteiger partial charge on any atom is -0.373 e. The molecule has 1 aliphatic carbocycles. The van der Waals surface area contributed by atoms with Gasteiger partial charge in [0.15, 0.2) is 11.4 Å². The standard InChI is InChI=1S/C24H19F3N6O.C4H6O/c1-14-3-4-17(31-23(34)19-5-6-21(33-32-19)24(25,26)27)13-18(14)15-7-9-29-20(11-15)16-8-10-30-22(12-16)28-2;5-3-4-1-2-4/h3-13H,1-2H3,(H,28,30)(H,31,34);3-4H,1-2H2. The zero-order valence-electron chi connectivity index (χ0n) is 21.2. The number of aryl methyl sites for hydroxylation is 1. The van der Waals surface area contributed by atoms with Gasteiger partial charge >= 0.3 is 6.18 Å². The van der Waals surface area contributed by atoms with Gasteiger partial charge in [0, 0.05) is 36.6 Å². The molecule has 0 unspecified atom stereocenters. The molecule has 1 aliphatic rings. The number of pyridine rings is 2. The predicted octanol–water partition coefficient (Wildman–Crippen LogP) is 5.82. The molecule has 0 bridgehead atoms. The highest BCUT2D eigenvalue weighted by Crippen LogP contribution is 2.30. The molecular weight excluding hydrogens is 509 g/mol. The highest BCUT2D eigenvalue weighted by molar-refractivity contribution is 6.03.